The summed E-state index contributed by atoms with van der Waals surface area (Å²) in [6.45, 7) is 16.5. The van der Waals surface area contributed by atoms with E-state index in [9.17, 15) is 38.4 Å². The van der Waals surface area contributed by atoms with E-state index in [4.69, 9.17) is 4.74 Å². The molecule has 8 unspecified atom stereocenters. The molecule has 0 spiro atoms. The molecule has 24 atom stereocenters. The Morgan fingerprint density at radius 3 is 0.820 bits per heavy atom. The predicted octanol–water partition coefficient (Wildman–Crippen LogP) is 20.3. The molecule has 16 bridgehead atoms. The number of halogens is 1. The minimum absolute atomic E-state index is 0.00182. The number of para-hydroxylation sites is 8. The number of carbonyl (C=O) groups is 4. The Hall–Kier alpha value is -11.5. The van der Waals surface area contributed by atoms with Gasteiger partial charge in [-0.15, -0.1) is 0 Å². The van der Waals surface area contributed by atoms with Crippen molar-refractivity contribution in [3.05, 3.63) is 198 Å². The minimum Gasteiger partial charge on any atom is -0.378 e. The van der Waals surface area contributed by atoms with Crippen LogP contribution in [0.1, 0.15) is 294 Å². The number of allylic oxidation sites excluding steroid dienone is 4. The Kier molecular flexibility index (Phi) is 27.7. The number of piperidine rings is 6. The zero-order valence-corrected chi connectivity index (χ0v) is 88.0. The predicted molar refractivity (Wildman–Crippen MR) is 589 cm³/mol. The minimum atomic E-state index is -0.525. The van der Waals surface area contributed by atoms with E-state index in [-0.39, 0.29) is 69.7 Å². The normalized spacial score (nSPS) is 33.9. The first-order valence-electron chi connectivity index (χ1n) is 57.0. The molecule has 0 radical (unpaired) electrons. The molecule has 8 aromatic rings. The maximum atomic E-state index is 14.1. The van der Waals surface area contributed by atoms with Gasteiger partial charge in [0.15, 0.2) is 0 Å². The van der Waals surface area contributed by atoms with Crippen LogP contribution >= 0.6 is 15.9 Å². The van der Waals surface area contributed by atoms with E-state index < -0.39 is 24.1 Å². The molecule has 150 heavy (non-hydrogen) atoms. The number of hydrogen-bond donors (Lipinski definition) is 4. The third-order valence-corrected chi connectivity index (χ3v) is 39.4. The Balaban J connectivity index is 0.000000104. The van der Waals surface area contributed by atoms with Gasteiger partial charge in [0, 0.05) is 103 Å². The molecule has 12 aliphatic heterocycles. The summed E-state index contributed by atoms with van der Waals surface area (Å²) in [5.74, 6) is 7.45. The maximum absolute atomic E-state index is 14.1. The lowest BCUT2D eigenvalue weighted by Gasteiger charge is -2.55. The fraction of sp³-hybridized carbons (Fsp3) is 0.581. The first kappa shape index (κ1) is 99.2. The van der Waals surface area contributed by atoms with Crippen LogP contribution in [0, 0.1) is 47.3 Å². The number of nitrogens with zero attached hydrogens (tertiary/aromatic N) is 19. The zero-order valence-electron chi connectivity index (χ0n) is 86.4. The third kappa shape index (κ3) is 19.3. The summed E-state index contributed by atoms with van der Waals surface area (Å²) in [7, 11) is 0. The molecule has 8 saturated heterocycles. The number of ether oxygens (including phenoxy) is 1. The molecule has 4 N–H and O–H groups in total. The first-order valence-corrected chi connectivity index (χ1v) is 57.8. The lowest BCUT2D eigenvalue weighted by Crippen LogP contribution is -2.62. The number of carbonyl (C=O) groups excluding carboxylic acids is 4. The molecule has 16 heterocycles. The summed E-state index contributed by atoms with van der Waals surface area (Å²) in [6, 6.07) is 35.9. The number of rotatable bonds is 12. The summed E-state index contributed by atoms with van der Waals surface area (Å²) in [5.41, 5.74) is 6.81. The van der Waals surface area contributed by atoms with Gasteiger partial charge >= 0.3 is 24.1 Å². The fourth-order valence-corrected chi connectivity index (χ4v) is 33.4. The zero-order chi connectivity index (χ0) is 102. The van der Waals surface area contributed by atoms with Gasteiger partial charge in [0.25, 0.3) is 22.2 Å². The highest BCUT2D eigenvalue weighted by atomic mass is 79.9. The molecule has 4 aromatic heterocycles. The molecule has 33 heteroatoms. The molecule has 8 aliphatic carbocycles. The standard InChI is InChI=1S/C30H36BrN5O2.C29H36N6O3.2C29H36N6O2/c1-18-25(31)17-34(30(38)32-18)28-29(37)36(27-11-3-2-10-26(27)33-28)24-15-21-8-5-9-22(16-24)35(21)23-13-19-6-4-7-20(12-19)14-23;1-18-15-30-35(29(37)31-18)27-28(36)34(26-9-5-4-8-25(26)32-27)22-13-23-16-38-17-24(14-22)33(23)21-11-19-6-2-3-7-20(10-19)12-21;1-18-17-30-35(29(37)31-18)27-28(36)34(26-11-3-2-10-25(26)32-27)24-15-21-8-5-9-22(16-24)33(21)23-13-19-6-4-7-20(12-19)14-23;1-18-17-30-35(29(37)31-18)27-28(36)34(26-9-5-4-8-25(26)32-27)24-15-21-10-11-22(16-24)33(21)23-13-19-6-2-3-7-20(12-19)14-23/h2-3,10-11,17,19-24H,1,4-9,12-16H2,(H,32,38);4-5,8-9,15,19-24H,1-3,6-7,10-14,16-17H2,(H,31,37);2-3,10-11,17,19-24H,1,4-9,12-16H2,(H,31,37);4-5,8-9,17,19-24H,1-3,6-7,10-16H2,(H,31,37)/t19-,20+,21-,22+,23?,24?;19-,20+,21?,22?,23-,24+;2*19-,20+,21-,22+,23?,24?. The van der Waals surface area contributed by atoms with Crippen LogP contribution in [0.25, 0.3) is 44.1 Å². The molecule has 20 aliphatic rings. The molecule has 8 saturated carbocycles. The number of fused-ring (bicyclic) bond motifs is 20. The second-order valence-corrected chi connectivity index (χ2v) is 48.8. The Morgan fingerprint density at radius 1 is 0.267 bits per heavy atom. The molecule has 788 valence electrons. The van der Waals surface area contributed by atoms with Crippen molar-refractivity contribution < 1.29 is 23.9 Å². The molecule has 4 aromatic carbocycles. The SMILES string of the molecule is C=C1C=NN(c2nc3ccccc3n(C3C[C@H]4CCC[C@@H](C3)N4C3C[C@H]4CCC[C@@H](C3)C4)c2=O)C(=O)N1.C=C1C=NN(c2nc3ccccc3n(C3C[C@H]4CC[C@@H](C3)N4C3C[C@H]4CCCC[C@@H](C3)C4)c2=O)C(=O)N1.C=C1C=NN(c2nc3ccccc3n(C3C[C@H]4COC[C@@H](C3)N4C3C[C@H]4CCCC[C@@H](C3)C4)c2=O)C(=O)N1.C=C1NC(=O)N(c2nc3ccccc3n(C3C[C@H]4CCC[C@@H](C3)N4C3C[C@H]4CCC[C@@H](C3)C4)c2=O)C=C1Br. The Bertz CT molecular complexity index is 6940. The van der Waals surface area contributed by atoms with Crippen molar-refractivity contribution in [2.45, 2.75) is 366 Å². The van der Waals surface area contributed by atoms with Gasteiger partial charge in [0.2, 0.25) is 23.3 Å². The number of benzene rings is 4. The molecule has 32 nitrogen and oxygen atoms in total. The van der Waals surface area contributed by atoms with Crippen LogP contribution in [-0.2, 0) is 4.74 Å². The van der Waals surface area contributed by atoms with Gasteiger partial charge in [-0.1, -0.05) is 178 Å². The molecule has 8 amide bonds. The Labute approximate surface area is 884 Å². The van der Waals surface area contributed by atoms with Gasteiger partial charge in [0.05, 0.1) is 103 Å². The summed E-state index contributed by atoms with van der Waals surface area (Å²) in [6.07, 6.45) is 59.7. The molecule has 16 fully saturated rings. The first-order chi connectivity index (χ1) is 73.1. The van der Waals surface area contributed by atoms with Crippen LogP contribution in [0.5, 0.6) is 0 Å². The molecular weight excluding hydrogens is 1950 g/mol. The van der Waals surface area contributed by atoms with Crippen LogP contribution in [0.15, 0.2) is 191 Å². The fourth-order valence-electron chi connectivity index (χ4n) is 33.1. The third-order valence-electron chi connectivity index (χ3n) is 38.7. The van der Waals surface area contributed by atoms with E-state index >= 15 is 0 Å². The van der Waals surface area contributed by atoms with Crippen LogP contribution in [0.3, 0.4) is 0 Å². The van der Waals surface area contributed by atoms with Gasteiger partial charge < -0.3 is 44.3 Å². The average molecular weight is 2100 g/mol. The quantitative estimate of drug-likeness (QED) is 0.0883. The van der Waals surface area contributed by atoms with E-state index in [0.717, 1.165) is 141 Å². The number of aromatic nitrogens is 8. The lowest BCUT2D eigenvalue weighted by molar-refractivity contribution is -0.116. The number of amides is 8. The number of hydrogen-bond acceptors (Lipinski definition) is 20. The van der Waals surface area contributed by atoms with Gasteiger partial charge in [-0.25, -0.2) is 44.0 Å². The second kappa shape index (κ2) is 41.8. The highest BCUT2D eigenvalue weighted by Crippen LogP contribution is 2.54. The molecule has 28 rings (SSSR count). The van der Waals surface area contributed by atoms with E-state index in [1.165, 1.54) is 242 Å². The monoisotopic (exact) mass is 2090 g/mol. The van der Waals surface area contributed by atoms with Crippen molar-refractivity contribution in [2.75, 3.05) is 33.1 Å². The highest BCUT2D eigenvalue weighted by molar-refractivity contribution is 9.12. The van der Waals surface area contributed by atoms with Crippen LogP contribution in [-0.4, -0.2) is 186 Å². The number of anilines is 4. The van der Waals surface area contributed by atoms with E-state index in [1.54, 1.807) is 6.20 Å². The smallest absolute Gasteiger partial charge is 0.348 e. The van der Waals surface area contributed by atoms with Crippen LogP contribution in [0.2, 0.25) is 0 Å². The van der Waals surface area contributed by atoms with Crippen LogP contribution < -0.4 is 63.4 Å². The number of nitrogens with one attached hydrogen (secondary N) is 4. The van der Waals surface area contributed by atoms with Crippen molar-refractivity contribution >= 4 is 126 Å². The van der Waals surface area contributed by atoms with Crippen molar-refractivity contribution in [3.8, 4) is 0 Å². The van der Waals surface area contributed by atoms with E-state index in [1.807, 2.05) is 115 Å². The van der Waals surface area contributed by atoms with E-state index in [0.29, 0.717) is 130 Å². The van der Waals surface area contributed by atoms with Crippen molar-refractivity contribution in [2.24, 2.45) is 62.6 Å². The van der Waals surface area contributed by atoms with Crippen LogP contribution in [0.4, 0.5) is 42.4 Å². The topological polar surface area (TPSA) is 328 Å². The summed E-state index contributed by atoms with van der Waals surface area (Å²) >= 11 is 3.45. The number of morpholine rings is 1. The van der Waals surface area contributed by atoms with Crippen molar-refractivity contribution in [1.29, 1.82) is 0 Å². The van der Waals surface area contributed by atoms with E-state index in [2.05, 4.69) is 118 Å². The summed E-state index contributed by atoms with van der Waals surface area (Å²) in [4.78, 5) is 138. The maximum Gasteiger partial charge on any atom is 0.348 e. The number of urea groups is 4. The largest absolute Gasteiger partial charge is 0.378 e. The lowest BCUT2D eigenvalue weighted by atomic mass is 9.68. The highest BCUT2D eigenvalue weighted by Gasteiger charge is 2.53. The second-order valence-electron chi connectivity index (χ2n) is 48.0. The van der Waals surface area contributed by atoms with Gasteiger partial charge in [-0.3, -0.25) is 38.8 Å². The van der Waals surface area contributed by atoms with Crippen molar-refractivity contribution in [1.82, 2.24) is 79.1 Å². The van der Waals surface area contributed by atoms with Gasteiger partial charge in [0.1, 0.15) is 0 Å². The van der Waals surface area contributed by atoms with Gasteiger partial charge in [-0.05, 0) is 279 Å². The van der Waals surface area contributed by atoms with Gasteiger partial charge in [-0.2, -0.15) is 30.3 Å². The Morgan fingerprint density at radius 2 is 0.520 bits per heavy atom. The van der Waals surface area contributed by atoms with Crippen molar-refractivity contribution in [3.63, 3.8) is 0 Å². The number of hydrazone groups is 3. The molecular formula is C117H144BrN23O9. The summed E-state index contributed by atoms with van der Waals surface area (Å²) < 4.78 is 14.4. The average Bonchev–Trinajstić information content (AvgIpc) is 0.950. The summed E-state index contributed by atoms with van der Waals surface area (Å²) in [5, 5.41) is 26.4.